The molecule has 0 unspecified atom stereocenters. The molecule has 0 bridgehead atoms. The van der Waals surface area contributed by atoms with Gasteiger partial charge in [-0.3, -0.25) is 0 Å². The number of hydrogen-bond acceptors (Lipinski definition) is 1. The number of hydrogen-bond donors (Lipinski definition) is 0. The van der Waals surface area contributed by atoms with Crippen molar-refractivity contribution in [1.29, 1.82) is 0 Å². The maximum atomic E-state index is 12.2. The highest BCUT2D eigenvalue weighted by Gasteiger charge is 2.72. The van der Waals surface area contributed by atoms with E-state index in [9.17, 15) is 26.3 Å². The molecular formula is C6H9ClF6OSi. The standard InChI is InChI=1S/C6H9ClF6OSi/c1-15(2,3)14-4(7,5(8,9)10)6(11,12)13/h1-3H3. The van der Waals surface area contributed by atoms with Crippen molar-refractivity contribution in [3.05, 3.63) is 0 Å². The minimum Gasteiger partial charge on any atom is -0.386 e. The van der Waals surface area contributed by atoms with Crippen molar-refractivity contribution >= 4 is 19.9 Å². The lowest BCUT2D eigenvalue weighted by molar-refractivity contribution is -0.324. The van der Waals surface area contributed by atoms with Crippen LogP contribution in [0.2, 0.25) is 19.6 Å². The summed E-state index contributed by atoms with van der Waals surface area (Å²) in [6, 6.07) is 0. The Balaban J connectivity index is 5.26. The highest BCUT2D eigenvalue weighted by atomic mass is 35.5. The Bertz CT molecular complexity index is 215. The van der Waals surface area contributed by atoms with Crippen LogP contribution in [0.3, 0.4) is 0 Å². The van der Waals surface area contributed by atoms with E-state index in [1.54, 1.807) is 0 Å². The molecule has 1 nitrogen and oxygen atoms in total. The Hall–Kier alpha value is 0.0469. The summed E-state index contributed by atoms with van der Waals surface area (Å²) >= 11 is 4.54. The van der Waals surface area contributed by atoms with Crippen molar-refractivity contribution in [2.24, 2.45) is 0 Å². The fourth-order valence-electron chi connectivity index (χ4n) is 0.698. The molecule has 0 spiro atoms. The van der Waals surface area contributed by atoms with Crippen LogP contribution in [0.15, 0.2) is 0 Å². The van der Waals surface area contributed by atoms with Crippen molar-refractivity contribution < 1.29 is 30.8 Å². The van der Waals surface area contributed by atoms with Gasteiger partial charge in [-0.15, -0.1) is 0 Å². The number of alkyl halides is 7. The van der Waals surface area contributed by atoms with Crippen LogP contribution in [0.5, 0.6) is 0 Å². The third kappa shape index (κ3) is 3.53. The van der Waals surface area contributed by atoms with Gasteiger partial charge in [-0.1, -0.05) is 11.6 Å². The van der Waals surface area contributed by atoms with E-state index in [4.69, 9.17) is 0 Å². The van der Waals surface area contributed by atoms with E-state index in [1.165, 1.54) is 19.6 Å². The summed E-state index contributed by atoms with van der Waals surface area (Å²) < 4.78 is 77.1. The predicted octanol–water partition coefficient (Wildman–Crippen LogP) is 3.90. The second-order valence-corrected chi connectivity index (χ2v) is 8.77. The van der Waals surface area contributed by atoms with Crippen molar-refractivity contribution in [1.82, 2.24) is 0 Å². The van der Waals surface area contributed by atoms with Crippen LogP contribution in [-0.2, 0) is 4.43 Å². The molecule has 0 heterocycles. The van der Waals surface area contributed by atoms with Gasteiger partial charge in [0.1, 0.15) is 0 Å². The van der Waals surface area contributed by atoms with E-state index < -0.39 is 25.7 Å². The lowest BCUT2D eigenvalue weighted by Crippen LogP contribution is -2.58. The minimum absolute atomic E-state index is 1.18. The zero-order valence-electron chi connectivity index (χ0n) is 8.05. The minimum atomic E-state index is -5.70. The molecular weight excluding hydrogens is 266 g/mol. The van der Waals surface area contributed by atoms with Gasteiger partial charge in [-0.2, -0.15) is 26.3 Å². The molecule has 0 aliphatic heterocycles. The molecule has 9 heteroatoms. The van der Waals surface area contributed by atoms with Gasteiger partial charge in [0, 0.05) is 0 Å². The normalized spacial score (nSPS) is 15.6. The largest absolute Gasteiger partial charge is 0.440 e. The van der Waals surface area contributed by atoms with Crippen LogP contribution >= 0.6 is 11.6 Å². The quantitative estimate of drug-likeness (QED) is 0.422. The summed E-state index contributed by atoms with van der Waals surface area (Å²) in [5.41, 5.74) is 0. The zero-order chi connectivity index (χ0) is 12.7. The maximum absolute atomic E-state index is 12.2. The van der Waals surface area contributed by atoms with Crippen molar-refractivity contribution in [2.45, 2.75) is 37.1 Å². The molecule has 0 rings (SSSR count). The molecule has 0 aromatic heterocycles. The number of halogens is 7. The molecule has 0 saturated heterocycles. The van der Waals surface area contributed by atoms with Crippen LogP contribution in [0.25, 0.3) is 0 Å². The van der Waals surface area contributed by atoms with Crippen molar-refractivity contribution in [3.8, 4) is 0 Å². The molecule has 0 aromatic carbocycles. The molecule has 0 amide bonds. The highest BCUT2D eigenvalue weighted by Crippen LogP contribution is 2.50. The fourth-order valence-corrected chi connectivity index (χ4v) is 2.47. The van der Waals surface area contributed by atoms with Crippen LogP contribution in [0, 0.1) is 0 Å². The van der Waals surface area contributed by atoms with Crippen LogP contribution in [0.1, 0.15) is 0 Å². The van der Waals surface area contributed by atoms with Gasteiger partial charge in [0.2, 0.25) is 0 Å². The Morgan fingerprint density at radius 3 is 1.20 bits per heavy atom. The summed E-state index contributed by atoms with van der Waals surface area (Å²) in [4.78, 5) is 0. The van der Waals surface area contributed by atoms with Crippen LogP contribution < -0.4 is 0 Å². The lowest BCUT2D eigenvalue weighted by atomic mass is 10.3. The second-order valence-electron chi connectivity index (χ2n) is 3.81. The molecule has 0 fully saturated rings. The summed E-state index contributed by atoms with van der Waals surface area (Å²) in [6.45, 7) is 3.55. The van der Waals surface area contributed by atoms with E-state index in [0.717, 1.165) is 0 Å². The monoisotopic (exact) mass is 274 g/mol. The topological polar surface area (TPSA) is 9.23 Å². The Morgan fingerprint density at radius 1 is 0.867 bits per heavy atom. The molecule has 0 saturated carbocycles. The third-order valence-electron chi connectivity index (χ3n) is 1.18. The lowest BCUT2D eigenvalue weighted by Gasteiger charge is -2.36. The van der Waals surface area contributed by atoms with Crippen molar-refractivity contribution in [2.75, 3.05) is 0 Å². The zero-order valence-corrected chi connectivity index (χ0v) is 9.81. The summed E-state index contributed by atoms with van der Waals surface area (Å²) in [5.74, 6) is 0. The molecule has 0 aliphatic carbocycles. The predicted molar refractivity (Wildman–Crippen MR) is 45.1 cm³/mol. The van der Waals surface area contributed by atoms with Gasteiger partial charge >= 0.3 is 17.4 Å². The first kappa shape index (κ1) is 15.0. The van der Waals surface area contributed by atoms with E-state index in [2.05, 4.69) is 16.0 Å². The molecule has 0 radical (unpaired) electrons. The van der Waals surface area contributed by atoms with E-state index >= 15 is 0 Å². The van der Waals surface area contributed by atoms with Gasteiger partial charge in [0.25, 0.3) is 0 Å². The number of rotatable bonds is 2. The summed E-state index contributed by atoms with van der Waals surface area (Å²) in [6.07, 6.45) is -11.4. The Morgan fingerprint density at radius 2 is 1.13 bits per heavy atom. The smallest absolute Gasteiger partial charge is 0.386 e. The Kier molecular flexibility index (Phi) is 3.82. The second kappa shape index (κ2) is 3.81. The highest BCUT2D eigenvalue weighted by molar-refractivity contribution is 6.70. The van der Waals surface area contributed by atoms with E-state index in [1.807, 2.05) is 0 Å². The summed E-state index contributed by atoms with van der Waals surface area (Å²) in [7, 11) is -3.08. The van der Waals surface area contributed by atoms with Gasteiger partial charge in [-0.05, 0) is 19.6 Å². The van der Waals surface area contributed by atoms with E-state index in [-0.39, 0.29) is 0 Å². The SMILES string of the molecule is C[Si](C)(C)OC(Cl)(C(F)(F)F)C(F)(F)F. The first-order chi connectivity index (χ1) is 6.21. The molecule has 0 N–H and O–H groups in total. The van der Waals surface area contributed by atoms with Crippen molar-refractivity contribution in [3.63, 3.8) is 0 Å². The first-order valence-corrected chi connectivity index (χ1v) is 7.52. The molecule has 0 atom stereocenters. The van der Waals surface area contributed by atoms with Gasteiger partial charge < -0.3 is 4.43 Å². The van der Waals surface area contributed by atoms with Crippen LogP contribution in [-0.4, -0.2) is 25.7 Å². The Labute approximate surface area is 88.5 Å². The third-order valence-corrected chi connectivity index (χ3v) is 2.73. The average molecular weight is 275 g/mol. The van der Waals surface area contributed by atoms with Gasteiger partial charge in [0.05, 0.1) is 0 Å². The fraction of sp³-hybridized carbons (Fsp3) is 1.00. The van der Waals surface area contributed by atoms with E-state index in [0.29, 0.717) is 0 Å². The van der Waals surface area contributed by atoms with Gasteiger partial charge in [-0.25, -0.2) is 0 Å². The summed E-state index contributed by atoms with van der Waals surface area (Å²) in [5, 5.41) is -4.61. The molecule has 15 heavy (non-hydrogen) atoms. The molecule has 92 valence electrons. The van der Waals surface area contributed by atoms with Gasteiger partial charge in [0.15, 0.2) is 8.32 Å². The average Bonchev–Trinajstić information content (AvgIpc) is 1.77. The maximum Gasteiger partial charge on any atom is 0.440 e. The molecule has 0 aromatic rings. The first-order valence-electron chi connectivity index (χ1n) is 3.73. The molecule has 0 aliphatic rings. The van der Waals surface area contributed by atoms with Crippen LogP contribution in [0.4, 0.5) is 26.3 Å².